The first-order valence-electron chi connectivity index (χ1n) is 8.33. The maximum atomic E-state index is 12.7. The van der Waals surface area contributed by atoms with Gasteiger partial charge in [-0.05, 0) is 48.5 Å². The third-order valence-corrected chi connectivity index (χ3v) is 4.22. The van der Waals surface area contributed by atoms with Crippen molar-refractivity contribution in [1.29, 1.82) is 0 Å². The van der Waals surface area contributed by atoms with Crippen molar-refractivity contribution in [2.75, 3.05) is 5.32 Å². The fourth-order valence-electron chi connectivity index (χ4n) is 2.74. The van der Waals surface area contributed by atoms with Crippen LogP contribution in [0.25, 0.3) is 16.9 Å². The molecule has 2 aromatic carbocycles. The van der Waals surface area contributed by atoms with Crippen molar-refractivity contribution in [2.45, 2.75) is 0 Å². The Kier molecular flexibility index (Phi) is 4.68. The SMILES string of the molecule is O=C(Nc1cccc(Cl)c1)c1cc(-c2cccnc2)n(-c2ccccc2)n1. The molecule has 132 valence electrons. The molecular weight excluding hydrogens is 360 g/mol. The molecule has 2 heterocycles. The number of benzene rings is 2. The Morgan fingerprint density at radius 3 is 2.56 bits per heavy atom. The number of nitrogens with one attached hydrogen (secondary N) is 1. The quantitative estimate of drug-likeness (QED) is 0.556. The molecule has 0 saturated carbocycles. The van der Waals surface area contributed by atoms with E-state index in [0.29, 0.717) is 16.4 Å². The average molecular weight is 375 g/mol. The topological polar surface area (TPSA) is 59.8 Å². The van der Waals surface area contributed by atoms with E-state index >= 15 is 0 Å². The summed E-state index contributed by atoms with van der Waals surface area (Å²) >= 11 is 5.99. The van der Waals surface area contributed by atoms with E-state index in [4.69, 9.17) is 11.6 Å². The van der Waals surface area contributed by atoms with E-state index in [1.165, 1.54) is 0 Å². The molecule has 5 nitrogen and oxygen atoms in total. The zero-order valence-corrected chi connectivity index (χ0v) is 15.0. The summed E-state index contributed by atoms with van der Waals surface area (Å²) in [6.45, 7) is 0. The number of anilines is 1. The maximum absolute atomic E-state index is 12.7. The minimum absolute atomic E-state index is 0.303. The van der Waals surface area contributed by atoms with Crippen LogP contribution in [0.4, 0.5) is 5.69 Å². The molecule has 0 atom stereocenters. The van der Waals surface area contributed by atoms with Gasteiger partial charge < -0.3 is 5.32 Å². The standard InChI is InChI=1S/C21H15ClN4O/c22-16-7-4-8-17(12-16)24-21(27)19-13-20(15-6-5-11-23-14-15)26(25-19)18-9-2-1-3-10-18/h1-14H,(H,24,27). The number of rotatable bonds is 4. The molecule has 4 aromatic rings. The van der Waals surface area contributed by atoms with Crippen molar-refractivity contribution in [2.24, 2.45) is 0 Å². The van der Waals surface area contributed by atoms with E-state index in [9.17, 15) is 4.79 Å². The van der Waals surface area contributed by atoms with Crippen molar-refractivity contribution >= 4 is 23.2 Å². The molecule has 2 aromatic heterocycles. The van der Waals surface area contributed by atoms with Crippen LogP contribution >= 0.6 is 11.6 Å². The molecule has 4 rings (SSSR count). The summed E-state index contributed by atoms with van der Waals surface area (Å²) in [4.78, 5) is 16.9. The Labute approximate surface area is 161 Å². The summed E-state index contributed by atoms with van der Waals surface area (Å²) in [6, 6.07) is 22.2. The van der Waals surface area contributed by atoms with Crippen LogP contribution in [-0.4, -0.2) is 20.7 Å². The minimum atomic E-state index is -0.308. The highest BCUT2D eigenvalue weighted by molar-refractivity contribution is 6.30. The first-order chi connectivity index (χ1) is 13.2. The zero-order valence-electron chi connectivity index (χ0n) is 14.2. The van der Waals surface area contributed by atoms with E-state index in [0.717, 1.165) is 16.9 Å². The number of carbonyl (C=O) groups is 1. The predicted molar refractivity (Wildman–Crippen MR) is 106 cm³/mol. The summed E-state index contributed by atoms with van der Waals surface area (Å²) in [5.41, 5.74) is 3.43. The smallest absolute Gasteiger partial charge is 0.276 e. The van der Waals surface area contributed by atoms with Gasteiger partial charge in [0.2, 0.25) is 0 Å². The number of halogens is 1. The van der Waals surface area contributed by atoms with Gasteiger partial charge in [0.25, 0.3) is 5.91 Å². The van der Waals surface area contributed by atoms with Gasteiger partial charge in [-0.15, -0.1) is 0 Å². The number of para-hydroxylation sites is 1. The number of hydrogen-bond donors (Lipinski definition) is 1. The summed E-state index contributed by atoms with van der Waals surface area (Å²) in [5.74, 6) is -0.308. The second-order valence-electron chi connectivity index (χ2n) is 5.87. The number of aromatic nitrogens is 3. The van der Waals surface area contributed by atoms with Crippen LogP contribution < -0.4 is 5.32 Å². The second-order valence-corrected chi connectivity index (χ2v) is 6.30. The summed E-state index contributed by atoms with van der Waals surface area (Å²) in [5, 5.41) is 7.90. The number of hydrogen-bond acceptors (Lipinski definition) is 3. The first kappa shape index (κ1) is 17.0. The van der Waals surface area contributed by atoms with Gasteiger partial charge in [-0.25, -0.2) is 4.68 Å². The molecule has 0 aliphatic heterocycles. The highest BCUT2D eigenvalue weighted by Gasteiger charge is 2.17. The molecule has 0 bridgehead atoms. The van der Waals surface area contributed by atoms with Gasteiger partial charge in [0, 0.05) is 28.7 Å². The lowest BCUT2D eigenvalue weighted by Gasteiger charge is -2.06. The Balaban J connectivity index is 1.74. The number of pyridine rings is 1. The van der Waals surface area contributed by atoms with Gasteiger partial charge in [-0.2, -0.15) is 5.10 Å². The minimum Gasteiger partial charge on any atom is -0.321 e. The molecule has 27 heavy (non-hydrogen) atoms. The molecule has 1 amide bonds. The van der Waals surface area contributed by atoms with E-state index < -0.39 is 0 Å². The summed E-state index contributed by atoms with van der Waals surface area (Å²) in [7, 11) is 0. The van der Waals surface area contributed by atoms with Crippen molar-refractivity contribution in [1.82, 2.24) is 14.8 Å². The Bertz CT molecular complexity index is 1020. The Morgan fingerprint density at radius 1 is 0.963 bits per heavy atom. The molecule has 0 radical (unpaired) electrons. The predicted octanol–water partition coefficient (Wildman–Crippen LogP) is 4.84. The van der Waals surface area contributed by atoms with Crippen molar-refractivity contribution < 1.29 is 4.79 Å². The van der Waals surface area contributed by atoms with Crippen LogP contribution in [0, 0.1) is 0 Å². The molecule has 0 fully saturated rings. The van der Waals surface area contributed by atoms with Gasteiger partial charge in [0.1, 0.15) is 0 Å². The molecule has 6 heteroatoms. The Hall–Kier alpha value is -3.44. The third-order valence-electron chi connectivity index (χ3n) is 3.98. The first-order valence-corrected chi connectivity index (χ1v) is 8.71. The second kappa shape index (κ2) is 7.43. The van der Waals surface area contributed by atoms with E-state index in [2.05, 4.69) is 15.4 Å². The monoisotopic (exact) mass is 374 g/mol. The van der Waals surface area contributed by atoms with Gasteiger partial charge in [0.15, 0.2) is 5.69 Å². The van der Waals surface area contributed by atoms with Gasteiger partial charge in [-0.1, -0.05) is 35.9 Å². The lowest BCUT2D eigenvalue weighted by Crippen LogP contribution is -2.13. The summed E-state index contributed by atoms with van der Waals surface area (Å²) in [6.07, 6.45) is 3.45. The third kappa shape index (κ3) is 3.73. The van der Waals surface area contributed by atoms with Crippen LogP contribution in [0.5, 0.6) is 0 Å². The lowest BCUT2D eigenvalue weighted by atomic mass is 10.2. The summed E-state index contributed by atoms with van der Waals surface area (Å²) < 4.78 is 1.74. The van der Waals surface area contributed by atoms with Crippen LogP contribution in [0.1, 0.15) is 10.5 Å². The lowest BCUT2D eigenvalue weighted by molar-refractivity contribution is 0.102. The molecule has 0 aliphatic rings. The fraction of sp³-hybridized carbons (Fsp3) is 0. The highest BCUT2D eigenvalue weighted by atomic mass is 35.5. The van der Waals surface area contributed by atoms with Gasteiger partial charge in [0.05, 0.1) is 11.4 Å². The fourth-order valence-corrected chi connectivity index (χ4v) is 2.93. The van der Waals surface area contributed by atoms with Crippen LogP contribution in [0.15, 0.2) is 85.2 Å². The largest absolute Gasteiger partial charge is 0.321 e. The number of amides is 1. The number of carbonyl (C=O) groups excluding carboxylic acids is 1. The highest BCUT2D eigenvalue weighted by Crippen LogP contribution is 2.24. The molecule has 0 unspecified atom stereocenters. The van der Waals surface area contributed by atoms with Crippen molar-refractivity contribution in [3.63, 3.8) is 0 Å². The molecule has 0 aliphatic carbocycles. The van der Waals surface area contributed by atoms with Crippen molar-refractivity contribution in [3.05, 3.63) is 95.9 Å². The molecular formula is C21H15ClN4O. The average Bonchev–Trinajstić information content (AvgIpc) is 3.15. The van der Waals surface area contributed by atoms with Crippen LogP contribution in [0.3, 0.4) is 0 Å². The van der Waals surface area contributed by atoms with E-state index in [-0.39, 0.29) is 5.91 Å². The van der Waals surface area contributed by atoms with Gasteiger partial charge in [-0.3, -0.25) is 9.78 Å². The molecule has 0 saturated heterocycles. The Morgan fingerprint density at radius 2 is 1.81 bits per heavy atom. The van der Waals surface area contributed by atoms with Gasteiger partial charge >= 0.3 is 0 Å². The van der Waals surface area contributed by atoms with Crippen LogP contribution in [0.2, 0.25) is 5.02 Å². The molecule has 1 N–H and O–H groups in total. The van der Waals surface area contributed by atoms with E-state index in [1.54, 1.807) is 47.4 Å². The van der Waals surface area contributed by atoms with Crippen LogP contribution in [-0.2, 0) is 0 Å². The number of nitrogens with zero attached hydrogens (tertiary/aromatic N) is 3. The molecule has 0 spiro atoms. The van der Waals surface area contributed by atoms with E-state index in [1.807, 2.05) is 42.5 Å². The maximum Gasteiger partial charge on any atom is 0.276 e. The zero-order chi connectivity index (χ0) is 18.6. The normalized spacial score (nSPS) is 10.6. The van der Waals surface area contributed by atoms with Crippen molar-refractivity contribution in [3.8, 4) is 16.9 Å².